The zero-order chi connectivity index (χ0) is 12.4. The van der Waals surface area contributed by atoms with Crippen LogP contribution in [0.25, 0.3) is 0 Å². The smallest absolute Gasteiger partial charge is 0.0658 e. The third-order valence-electron chi connectivity index (χ3n) is 3.60. The van der Waals surface area contributed by atoms with E-state index in [9.17, 15) is 0 Å². The maximum absolute atomic E-state index is 6.20. The first-order valence-electron chi connectivity index (χ1n) is 6.44. The van der Waals surface area contributed by atoms with Gasteiger partial charge in [-0.1, -0.05) is 25.4 Å². The molecule has 0 amide bonds. The summed E-state index contributed by atoms with van der Waals surface area (Å²) in [6, 6.07) is 4.20. The van der Waals surface area contributed by atoms with Gasteiger partial charge in [0.1, 0.15) is 0 Å². The van der Waals surface area contributed by atoms with E-state index in [4.69, 9.17) is 17.3 Å². The third-order valence-corrected chi connectivity index (χ3v) is 3.92. The predicted molar refractivity (Wildman–Crippen MR) is 75.9 cm³/mol. The summed E-state index contributed by atoms with van der Waals surface area (Å²) in [5.41, 5.74) is 9.09. The van der Waals surface area contributed by atoms with Crippen LogP contribution in [0.5, 0.6) is 0 Å². The van der Waals surface area contributed by atoms with Crippen LogP contribution >= 0.6 is 11.6 Å². The first kappa shape index (κ1) is 12.6. The van der Waals surface area contributed by atoms with Crippen LogP contribution in [0.4, 0.5) is 11.4 Å². The lowest BCUT2D eigenvalue weighted by atomic mass is 9.99. The second kappa shape index (κ2) is 5.18. The van der Waals surface area contributed by atoms with Crippen LogP contribution in [0.15, 0.2) is 12.1 Å². The number of benzene rings is 1. The molecule has 1 aliphatic heterocycles. The molecule has 1 atom stereocenters. The van der Waals surface area contributed by atoms with Crippen LogP contribution in [0.3, 0.4) is 0 Å². The Labute approximate surface area is 109 Å². The maximum Gasteiger partial charge on any atom is 0.0658 e. The van der Waals surface area contributed by atoms with Crippen LogP contribution in [0.1, 0.15) is 32.3 Å². The van der Waals surface area contributed by atoms with Gasteiger partial charge in [0, 0.05) is 18.8 Å². The standard InChI is InChI=1S/C14H21ClN2/c1-3-11-7-12(8-13(15)14(11)16)17-6-4-5-10(2)9-17/h7-8,10H,3-6,9,16H2,1-2H3. The SMILES string of the molecule is CCc1cc(N2CCCC(C)C2)cc(Cl)c1N. The molecule has 0 radical (unpaired) electrons. The first-order chi connectivity index (χ1) is 8.11. The Morgan fingerprint density at radius 2 is 2.24 bits per heavy atom. The van der Waals surface area contributed by atoms with Gasteiger partial charge < -0.3 is 10.6 Å². The molecule has 2 nitrogen and oxygen atoms in total. The molecule has 94 valence electrons. The molecule has 3 heteroatoms. The van der Waals surface area contributed by atoms with Gasteiger partial charge >= 0.3 is 0 Å². The lowest BCUT2D eigenvalue weighted by Gasteiger charge is -2.33. The van der Waals surface area contributed by atoms with E-state index in [2.05, 4.69) is 24.8 Å². The molecule has 1 aliphatic rings. The number of anilines is 2. The zero-order valence-corrected chi connectivity index (χ0v) is 11.4. The van der Waals surface area contributed by atoms with Crippen molar-refractivity contribution in [2.75, 3.05) is 23.7 Å². The Bertz CT molecular complexity index is 403. The van der Waals surface area contributed by atoms with Crippen molar-refractivity contribution in [1.82, 2.24) is 0 Å². The fourth-order valence-electron chi connectivity index (χ4n) is 2.56. The van der Waals surface area contributed by atoms with Gasteiger partial charge in [-0.05, 0) is 42.9 Å². The number of nitrogen functional groups attached to an aromatic ring is 1. The molecule has 1 heterocycles. The summed E-state index contributed by atoms with van der Waals surface area (Å²) >= 11 is 6.20. The number of aryl methyl sites for hydroxylation is 1. The van der Waals surface area contributed by atoms with Crippen molar-refractivity contribution < 1.29 is 0 Å². The van der Waals surface area contributed by atoms with Crippen molar-refractivity contribution in [3.63, 3.8) is 0 Å². The van der Waals surface area contributed by atoms with Gasteiger partial charge in [0.15, 0.2) is 0 Å². The molecule has 17 heavy (non-hydrogen) atoms. The second-order valence-corrected chi connectivity index (χ2v) is 5.45. The van der Waals surface area contributed by atoms with Crippen LogP contribution in [-0.2, 0) is 6.42 Å². The zero-order valence-electron chi connectivity index (χ0n) is 10.7. The molecular weight excluding hydrogens is 232 g/mol. The topological polar surface area (TPSA) is 29.3 Å². The highest BCUT2D eigenvalue weighted by Gasteiger charge is 2.18. The molecule has 0 aromatic heterocycles. The lowest BCUT2D eigenvalue weighted by molar-refractivity contribution is 0.447. The van der Waals surface area contributed by atoms with E-state index in [0.717, 1.165) is 36.7 Å². The molecule has 1 fully saturated rings. The monoisotopic (exact) mass is 252 g/mol. The van der Waals surface area contributed by atoms with E-state index < -0.39 is 0 Å². The Hall–Kier alpha value is -0.890. The highest BCUT2D eigenvalue weighted by molar-refractivity contribution is 6.33. The maximum atomic E-state index is 6.20. The van der Waals surface area contributed by atoms with Gasteiger partial charge in [-0.25, -0.2) is 0 Å². The summed E-state index contributed by atoms with van der Waals surface area (Å²) in [5.74, 6) is 0.769. The van der Waals surface area contributed by atoms with Crippen molar-refractivity contribution in [2.24, 2.45) is 5.92 Å². The largest absolute Gasteiger partial charge is 0.397 e. The number of halogens is 1. The Morgan fingerprint density at radius 3 is 2.88 bits per heavy atom. The molecule has 1 saturated heterocycles. The molecule has 2 rings (SSSR count). The molecule has 0 spiro atoms. The minimum Gasteiger partial charge on any atom is -0.397 e. The molecule has 0 bridgehead atoms. The number of rotatable bonds is 2. The normalized spacial score (nSPS) is 20.6. The van der Waals surface area contributed by atoms with Crippen LogP contribution in [0.2, 0.25) is 5.02 Å². The molecule has 1 aromatic carbocycles. The highest BCUT2D eigenvalue weighted by Crippen LogP contribution is 2.32. The molecule has 1 aromatic rings. The van der Waals surface area contributed by atoms with Crippen LogP contribution in [-0.4, -0.2) is 13.1 Å². The van der Waals surface area contributed by atoms with Crippen molar-refractivity contribution in [3.05, 3.63) is 22.7 Å². The van der Waals surface area contributed by atoms with E-state index in [1.54, 1.807) is 0 Å². The van der Waals surface area contributed by atoms with Crippen molar-refractivity contribution in [2.45, 2.75) is 33.1 Å². The molecule has 1 unspecified atom stereocenters. The predicted octanol–water partition coefficient (Wildman–Crippen LogP) is 3.72. The summed E-state index contributed by atoms with van der Waals surface area (Å²) in [7, 11) is 0. The average molecular weight is 253 g/mol. The fourth-order valence-corrected chi connectivity index (χ4v) is 2.79. The summed E-state index contributed by atoms with van der Waals surface area (Å²) in [4.78, 5) is 2.43. The van der Waals surface area contributed by atoms with Gasteiger partial charge in [0.2, 0.25) is 0 Å². The van der Waals surface area contributed by atoms with Crippen molar-refractivity contribution in [1.29, 1.82) is 0 Å². The molecule has 0 aliphatic carbocycles. The Kier molecular flexibility index (Phi) is 3.82. The fraction of sp³-hybridized carbons (Fsp3) is 0.571. The lowest BCUT2D eigenvalue weighted by Crippen LogP contribution is -2.34. The Balaban J connectivity index is 2.29. The van der Waals surface area contributed by atoms with Gasteiger partial charge in [0.05, 0.1) is 10.7 Å². The van der Waals surface area contributed by atoms with Gasteiger partial charge in [-0.2, -0.15) is 0 Å². The number of piperidine rings is 1. The number of nitrogens with two attached hydrogens (primary N) is 1. The van der Waals surface area contributed by atoms with E-state index in [-0.39, 0.29) is 0 Å². The van der Waals surface area contributed by atoms with E-state index in [0.29, 0.717) is 5.02 Å². The van der Waals surface area contributed by atoms with Crippen LogP contribution < -0.4 is 10.6 Å². The number of hydrogen-bond donors (Lipinski definition) is 1. The Morgan fingerprint density at radius 1 is 1.47 bits per heavy atom. The molecular formula is C14H21ClN2. The van der Waals surface area contributed by atoms with Gasteiger partial charge in [-0.15, -0.1) is 0 Å². The number of nitrogens with zero attached hydrogens (tertiary/aromatic N) is 1. The van der Waals surface area contributed by atoms with E-state index in [1.165, 1.54) is 18.5 Å². The minimum absolute atomic E-state index is 0.692. The summed E-state index contributed by atoms with van der Waals surface area (Å²) in [5, 5.41) is 0.692. The van der Waals surface area contributed by atoms with Crippen LogP contribution in [0, 0.1) is 5.92 Å². The average Bonchev–Trinajstić information content (AvgIpc) is 2.32. The quantitative estimate of drug-likeness (QED) is 0.813. The first-order valence-corrected chi connectivity index (χ1v) is 6.82. The molecule has 0 saturated carbocycles. The highest BCUT2D eigenvalue weighted by atomic mass is 35.5. The van der Waals surface area contributed by atoms with Crippen molar-refractivity contribution in [3.8, 4) is 0 Å². The van der Waals surface area contributed by atoms with E-state index in [1.807, 2.05) is 6.07 Å². The van der Waals surface area contributed by atoms with Gasteiger partial charge in [0.25, 0.3) is 0 Å². The van der Waals surface area contributed by atoms with Crippen molar-refractivity contribution >= 4 is 23.0 Å². The summed E-state index contributed by atoms with van der Waals surface area (Å²) < 4.78 is 0. The summed E-state index contributed by atoms with van der Waals surface area (Å²) in [6.45, 7) is 6.69. The summed E-state index contributed by atoms with van der Waals surface area (Å²) in [6.07, 6.45) is 3.53. The minimum atomic E-state index is 0.692. The van der Waals surface area contributed by atoms with E-state index >= 15 is 0 Å². The number of hydrogen-bond acceptors (Lipinski definition) is 2. The molecule has 2 N–H and O–H groups in total. The third kappa shape index (κ3) is 2.68. The second-order valence-electron chi connectivity index (χ2n) is 5.05. The van der Waals surface area contributed by atoms with Gasteiger partial charge in [-0.3, -0.25) is 0 Å².